The molecular formula is C55H62N4O16. The number of hydrogen-bond acceptors (Lipinski definition) is 16. The van der Waals surface area contributed by atoms with Crippen molar-refractivity contribution >= 4 is 47.0 Å². The first-order valence-electron chi connectivity index (χ1n) is 24.6. The molecular weight excluding hydrogens is 973 g/mol. The molecule has 0 radical (unpaired) electrons. The highest BCUT2D eigenvalue weighted by molar-refractivity contribution is 6.24. The lowest BCUT2D eigenvalue weighted by atomic mass is 9.97. The summed E-state index contributed by atoms with van der Waals surface area (Å²) in [7, 11) is 7.60. The minimum Gasteiger partial charge on any atom is -0.493 e. The third-order valence-corrected chi connectivity index (χ3v) is 13.0. The quantitative estimate of drug-likeness (QED) is 0.0386. The third-order valence-electron chi connectivity index (χ3n) is 13.0. The van der Waals surface area contributed by atoms with Gasteiger partial charge >= 0.3 is 5.97 Å². The van der Waals surface area contributed by atoms with Gasteiger partial charge in [0.2, 0.25) is 17.6 Å². The van der Waals surface area contributed by atoms with E-state index in [1.165, 1.54) is 33.5 Å². The fraction of sp³-hybridized carbons (Fsp3) is 0.400. The van der Waals surface area contributed by atoms with Gasteiger partial charge in [0.1, 0.15) is 36.3 Å². The van der Waals surface area contributed by atoms with E-state index in [1.807, 2.05) is 18.2 Å². The van der Waals surface area contributed by atoms with Gasteiger partial charge in [-0.3, -0.25) is 39.0 Å². The predicted octanol–water partition coefficient (Wildman–Crippen LogP) is 5.42. The summed E-state index contributed by atoms with van der Waals surface area (Å²) in [6.45, 7) is 2.12. The summed E-state index contributed by atoms with van der Waals surface area (Å²) in [5, 5.41) is 4.92. The lowest BCUT2D eigenvalue weighted by Crippen LogP contribution is -2.54. The number of carbonyl (C=O) groups is 7. The number of imide groups is 2. The summed E-state index contributed by atoms with van der Waals surface area (Å²) in [6, 6.07) is 18.5. The van der Waals surface area contributed by atoms with E-state index >= 15 is 0 Å². The zero-order chi connectivity index (χ0) is 53.6. The number of ether oxygens (including phenoxy) is 9. The molecule has 2 unspecified atom stereocenters. The normalized spacial score (nSPS) is 16.9. The molecule has 4 aromatic carbocycles. The molecule has 3 aliphatic heterocycles. The number of likely N-dealkylation sites (tertiary alicyclic amines) is 1. The molecule has 2 N–H and O–H groups in total. The average Bonchev–Trinajstić information content (AvgIpc) is 3.69. The number of allylic oxidation sites excluding steroid dienone is 1. The summed E-state index contributed by atoms with van der Waals surface area (Å²) in [4.78, 5) is 94.8. The van der Waals surface area contributed by atoms with Gasteiger partial charge in [-0.15, -0.1) is 0 Å². The number of carbonyl (C=O) groups excluding carboxylic acids is 7. The number of esters is 1. The molecule has 3 heterocycles. The van der Waals surface area contributed by atoms with Crippen molar-refractivity contribution in [1.82, 2.24) is 20.4 Å². The number of methoxy groups -OCH3 is 5. The summed E-state index contributed by atoms with van der Waals surface area (Å²) < 4.78 is 51.3. The first kappa shape index (κ1) is 54.6. The predicted molar refractivity (Wildman–Crippen MR) is 270 cm³/mol. The topological polar surface area (TPSA) is 233 Å². The summed E-state index contributed by atoms with van der Waals surface area (Å²) >= 11 is 0. The van der Waals surface area contributed by atoms with Gasteiger partial charge in [-0.1, -0.05) is 30.3 Å². The van der Waals surface area contributed by atoms with Gasteiger partial charge < -0.3 is 52.8 Å². The number of rotatable bonds is 24. The molecule has 7 rings (SSSR count). The highest BCUT2D eigenvalue weighted by Crippen LogP contribution is 2.41. The van der Waals surface area contributed by atoms with E-state index in [2.05, 4.69) is 10.6 Å². The van der Waals surface area contributed by atoms with Crippen molar-refractivity contribution in [2.75, 3.05) is 75.1 Å². The van der Waals surface area contributed by atoms with E-state index in [0.717, 1.165) is 10.5 Å². The minimum atomic E-state index is -1.10. The fourth-order valence-corrected chi connectivity index (χ4v) is 9.25. The molecule has 4 aromatic rings. The molecule has 2 saturated heterocycles. The Labute approximate surface area is 434 Å². The Morgan fingerprint density at radius 2 is 1.51 bits per heavy atom. The molecule has 20 nitrogen and oxygen atoms in total. The highest BCUT2D eigenvalue weighted by atomic mass is 16.6. The van der Waals surface area contributed by atoms with Crippen LogP contribution in [0, 0.1) is 0 Å². The second kappa shape index (κ2) is 25.7. The lowest BCUT2D eigenvalue weighted by Gasteiger charge is -2.35. The number of benzene rings is 4. The van der Waals surface area contributed by atoms with Crippen LogP contribution in [-0.4, -0.2) is 138 Å². The average molecular weight is 1040 g/mol. The second-order valence-corrected chi connectivity index (χ2v) is 17.6. The lowest BCUT2D eigenvalue weighted by molar-refractivity contribution is -0.160. The van der Waals surface area contributed by atoms with Crippen LogP contribution in [0.1, 0.15) is 89.0 Å². The van der Waals surface area contributed by atoms with Gasteiger partial charge in [0.25, 0.3) is 23.6 Å². The van der Waals surface area contributed by atoms with Gasteiger partial charge in [0.05, 0.1) is 59.9 Å². The summed E-state index contributed by atoms with van der Waals surface area (Å²) in [5.41, 5.74) is 2.52. The Bertz CT molecular complexity index is 2790. The van der Waals surface area contributed by atoms with Crippen LogP contribution >= 0.6 is 0 Å². The van der Waals surface area contributed by atoms with E-state index in [0.29, 0.717) is 89.8 Å². The molecule has 3 atom stereocenters. The van der Waals surface area contributed by atoms with Gasteiger partial charge in [-0.2, -0.15) is 0 Å². The van der Waals surface area contributed by atoms with E-state index in [-0.39, 0.29) is 68.6 Å². The first-order chi connectivity index (χ1) is 36.3. The maximum atomic E-state index is 14.5. The zero-order valence-electron chi connectivity index (χ0n) is 42.9. The number of amides is 6. The number of fused-ring (bicyclic) bond motifs is 1. The Balaban J connectivity index is 0.950. The Hall–Kier alpha value is -8.13. The van der Waals surface area contributed by atoms with Crippen molar-refractivity contribution in [3.05, 3.63) is 107 Å². The SMILES string of the molecule is C/C=C(/C(=O)N1CCCC[C@H]1C(=O)OC(CCc1ccc(OC)c(OC)c1)c1cccc(OCC(=O)NCCOCCOc2cccc3c2C(=O)N(C2CCC(=O)NC2=O)C3=O)c1)c1cc(OC)c(OC)c(OC)c1. The van der Waals surface area contributed by atoms with Crippen LogP contribution in [0.4, 0.5) is 0 Å². The van der Waals surface area contributed by atoms with Crippen molar-refractivity contribution in [2.45, 2.75) is 70.1 Å². The van der Waals surface area contributed by atoms with Crippen molar-refractivity contribution < 1.29 is 76.2 Å². The largest absolute Gasteiger partial charge is 0.493 e. The first-order valence-corrected chi connectivity index (χ1v) is 24.6. The standard InChI is InChI=1S/C55H62N4O16/c1-7-37(35-30-45(69-4)50(71-6)46(31-35)70-5)52(63)58-24-9-8-15-40(58)55(66)75-41(20-17-33-18-21-42(67-2)44(28-33)68-3)34-12-10-13-36(29-34)74-32-48(61)56-23-25-72-26-27-73-43-16-11-14-38-49(43)54(65)59(53(38)64)39-19-22-47(60)57-51(39)62/h7,10-14,16,18,21,28-31,39-41H,8-9,15,17,19-20,22-27,32H2,1-6H3,(H,56,61)(H,57,60,62)/b37-7+/t39?,40-,41?/m0/s1. The maximum absolute atomic E-state index is 14.5. The van der Waals surface area contributed by atoms with Crippen molar-refractivity contribution in [3.8, 4) is 40.2 Å². The van der Waals surface area contributed by atoms with Crippen LogP contribution in [0.25, 0.3) is 5.57 Å². The monoisotopic (exact) mass is 1030 g/mol. The Morgan fingerprint density at radius 1 is 0.760 bits per heavy atom. The maximum Gasteiger partial charge on any atom is 0.329 e. The van der Waals surface area contributed by atoms with Crippen LogP contribution in [-0.2, 0) is 39.9 Å². The van der Waals surface area contributed by atoms with E-state index in [4.69, 9.17) is 42.6 Å². The molecule has 0 aliphatic carbocycles. The number of aryl methyl sites for hydroxylation is 1. The number of nitrogens with one attached hydrogen (secondary N) is 2. The molecule has 0 spiro atoms. The highest BCUT2D eigenvalue weighted by Gasteiger charge is 2.46. The van der Waals surface area contributed by atoms with E-state index < -0.39 is 53.7 Å². The van der Waals surface area contributed by atoms with Gasteiger partial charge in [-0.25, -0.2) is 4.79 Å². The van der Waals surface area contributed by atoms with E-state index in [1.54, 1.807) is 74.6 Å². The van der Waals surface area contributed by atoms with Crippen LogP contribution in [0.2, 0.25) is 0 Å². The molecule has 75 heavy (non-hydrogen) atoms. The molecule has 0 saturated carbocycles. The fourth-order valence-electron chi connectivity index (χ4n) is 9.25. The number of hydrogen-bond donors (Lipinski definition) is 2. The van der Waals surface area contributed by atoms with Crippen LogP contribution < -0.4 is 43.8 Å². The van der Waals surface area contributed by atoms with Crippen LogP contribution in [0.5, 0.6) is 40.2 Å². The molecule has 6 amide bonds. The molecule has 20 heteroatoms. The Kier molecular flexibility index (Phi) is 18.7. The van der Waals surface area contributed by atoms with E-state index in [9.17, 15) is 33.6 Å². The van der Waals surface area contributed by atoms with Gasteiger partial charge in [0, 0.05) is 25.1 Å². The number of piperidine rings is 2. The zero-order valence-corrected chi connectivity index (χ0v) is 42.9. The molecule has 3 aliphatic rings. The van der Waals surface area contributed by atoms with Crippen molar-refractivity contribution in [2.24, 2.45) is 0 Å². The Morgan fingerprint density at radius 3 is 2.21 bits per heavy atom. The summed E-state index contributed by atoms with van der Waals surface area (Å²) in [5.74, 6) is -1.07. The molecule has 0 aromatic heterocycles. The smallest absolute Gasteiger partial charge is 0.329 e. The van der Waals surface area contributed by atoms with Gasteiger partial charge in [0.15, 0.2) is 29.6 Å². The van der Waals surface area contributed by atoms with Crippen molar-refractivity contribution in [1.29, 1.82) is 0 Å². The number of nitrogens with zero attached hydrogens (tertiary/aromatic N) is 2. The van der Waals surface area contributed by atoms with Crippen LogP contribution in [0.3, 0.4) is 0 Å². The third kappa shape index (κ3) is 12.8. The molecule has 398 valence electrons. The van der Waals surface area contributed by atoms with Crippen LogP contribution in [0.15, 0.2) is 78.9 Å². The van der Waals surface area contributed by atoms with Gasteiger partial charge in [-0.05, 0) is 111 Å². The molecule has 2 fully saturated rings. The molecule has 0 bridgehead atoms. The minimum absolute atomic E-state index is 0.00496. The summed E-state index contributed by atoms with van der Waals surface area (Å²) in [6.07, 6.45) is 3.55. The second-order valence-electron chi connectivity index (χ2n) is 17.6. The van der Waals surface area contributed by atoms with Crippen molar-refractivity contribution in [3.63, 3.8) is 0 Å².